The summed E-state index contributed by atoms with van der Waals surface area (Å²) in [5, 5.41) is 0.992. The summed E-state index contributed by atoms with van der Waals surface area (Å²) in [6.45, 7) is 0. The van der Waals surface area contributed by atoms with Gasteiger partial charge in [-0.25, -0.2) is 4.39 Å². The highest BCUT2D eigenvalue weighted by Gasteiger charge is 2.09. The van der Waals surface area contributed by atoms with Crippen LogP contribution in [0.1, 0.15) is 0 Å². The van der Waals surface area contributed by atoms with Crippen molar-refractivity contribution in [3.63, 3.8) is 0 Å². The quantitative estimate of drug-likeness (QED) is 0.657. The van der Waals surface area contributed by atoms with E-state index in [9.17, 15) is 4.39 Å². The number of nitrogens with two attached hydrogens (primary N) is 1. The molecule has 0 aliphatic heterocycles. The highest BCUT2D eigenvalue weighted by atomic mass is 19.1. The minimum absolute atomic E-state index is 0.326. The molecule has 3 heteroatoms. The molecule has 0 radical (unpaired) electrons. The van der Waals surface area contributed by atoms with Crippen molar-refractivity contribution in [2.75, 3.05) is 5.73 Å². The van der Waals surface area contributed by atoms with Crippen LogP contribution >= 0.6 is 0 Å². The van der Waals surface area contributed by atoms with Gasteiger partial charge < -0.3 is 5.73 Å². The van der Waals surface area contributed by atoms with E-state index in [0.29, 0.717) is 11.3 Å². The molecule has 18 heavy (non-hydrogen) atoms. The number of para-hydroxylation sites is 1. The van der Waals surface area contributed by atoms with E-state index < -0.39 is 0 Å². The molecule has 0 bridgehead atoms. The lowest BCUT2D eigenvalue weighted by molar-refractivity contribution is 0.632. The van der Waals surface area contributed by atoms with Crippen LogP contribution < -0.4 is 5.73 Å². The second-order valence-electron chi connectivity index (χ2n) is 4.12. The number of halogens is 1. The minimum Gasteiger partial charge on any atom is -0.399 e. The monoisotopic (exact) mass is 238 g/mol. The summed E-state index contributed by atoms with van der Waals surface area (Å²) in [7, 11) is 0. The number of nitrogens with zero attached hydrogens (tertiary/aromatic N) is 1. The largest absolute Gasteiger partial charge is 0.399 e. The van der Waals surface area contributed by atoms with Crippen molar-refractivity contribution in [1.82, 2.24) is 4.98 Å². The van der Waals surface area contributed by atoms with E-state index in [1.807, 2.05) is 30.3 Å². The summed E-state index contributed by atoms with van der Waals surface area (Å²) in [5.41, 5.74) is 8.08. The van der Waals surface area contributed by atoms with Gasteiger partial charge in [-0.15, -0.1) is 0 Å². The number of pyridine rings is 1. The third kappa shape index (κ3) is 1.70. The maximum absolute atomic E-state index is 14.0. The topological polar surface area (TPSA) is 38.9 Å². The molecule has 0 aliphatic rings. The van der Waals surface area contributed by atoms with E-state index in [0.717, 1.165) is 16.5 Å². The first-order chi connectivity index (χ1) is 8.75. The number of nitrogen functional groups attached to an aromatic ring is 1. The lowest BCUT2D eigenvalue weighted by Gasteiger charge is -2.07. The minimum atomic E-state index is -0.326. The zero-order valence-electron chi connectivity index (χ0n) is 9.60. The van der Waals surface area contributed by atoms with Gasteiger partial charge in [-0.05, 0) is 24.3 Å². The average Bonchev–Trinajstić information content (AvgIpc) is 2.38. The Kier molecular flexibility index (Phi) is 2.45. The molecule has 0 aliphatic carbocycles. The van der Waals surface area contributed by atoms with Crippen LogP contribution in [0.5, 0.6) is 0 Å². The summed E-state index contributed by atoms with van der Waals surface area (Å²) in [5.74, 6) is -0.326. The first-order valence-corrected chi connectivity index (χ1v) is 5.65. The van der Waals surface area contributed by atoms with Crippen LogP contribution in [-0.2, 0) is 0 Å². The Labute approximate surface area is 104 Å². The molecule has 3 rings (SSSR count). The Hall–Kier alpha value is -2.42. The van der Waals surface area contributed by atoms with Crippen molar-refractivity contribution in [1.29, 1.82) is 0 Å². The van der Waals surface area contributed by atoms with Gasteiger partial charge in [-0.2, -0.15) is 0 Å². The first-order valence-electron chi connectivity index (χ1n) is 5.65. The molecule has 0 atom stereocenters. The van der Waals surface area contributed by atoms with Gasteiger partial charge in [0, 0.05) is 28.4 Å². The van der Waals surface area contributed by atoms with Crippen LogP contribution in [0.15, 0.2) is 54.7 Å². The Morgan fingerprint density at radius 3 is 2.61 bits per heavy atom. The molecule has 2 N–H and O–H groups in total. The molecule has 88 valence electrons. The van der Waals surface area contributed by atoms with E-state index in [4.69, 9.17) is 5.73 Å². The van der Waals surface area contributed by atoms with Gasteiger partial charge in [0.2, 0.25) is 0 Å². The highest BCUT2D eigenvalue weighted by Crippen LogP contribution is 2.29. The number of hydrogen-bond acceptors (Lipinski definition) is 2. The fourth-order valence-corrected chi connectivity index (χ4v) is 2.07. The number of hydrogen-bond donors (Lipinski definition) is 1. The molecule has 0 saturated carbocycles. The summed E-state index contributed by atoms with van der Waals surface area (Å²) in [6.07, 6.45) is 1.71. The molecule has 0 fully saturated rings. The predicted octanol–water partition coefficient (Wildman–Crippen LogP) is 3.62. The third-order valence-corrected chi connectivity index (χ3v) is 2.92. The van der Waals surface area contributed by atoms with E-state index >= 15 is 0 Å². The van der Waals surface area contributed by atoms with Gasteiger partial charge >= 0.3 is 0 Å². The highest BCUT2D eigenvalue weighted by molar-refractivity contribution is 5.93. The average molecular weight is 238 g/mol. The number of aromatic nitrogens is 1. The molecular formula is C15H11FN2. The Morgan fingerprint density at radius 1 is 0.944 bits per heavy atom. The van der Waals surface area contributed by atoms with Crippen molar-refractivity contribution >= 4 is 16.6 Å². The molecule has 1 heterocycles. The van der Waals surface area contributed by atoms with Crippen molar-refractivity contribution in [3.05, 3.63) is 60.5 Å². The Balaban J connectivity index is 2.31. The van der Waals surface area contributed by atoms with Crippen LogP contribution in [0.4, 0.5) is 10.1 Å². The lowest BCUT2D eigenvalue weighted by Crippen LogP contribution is -1.91. The molecule has 1 aromatic heterocycles. The number of anilines is 1. The van der Waals surface area contributed by atoms with Crippen LogP contribution in [0.25, 0.3) is 22.0 Å². The predicted molar refractivity (Wildman–Crippen MR) is 71.5 cm³/mol. The maximum atomic E-state index is 14.0. The molecule has 0 amide bonds. The summed E-state index contributed by atoms with van der Waals surface area (Å²) in [4.78, 5) is 4.32. The van der Waals surface area contributed by atoms with E-state index in [1.54, 1.807) is 18.3 Å². The molecule has 0 unspecified atom stereocenters. The summed E-state index contributed by atoms with van der Waals surface area (Å²) in [6, 6.07) is 14.3. The lowest BCUT2D eigenvalue weighted by atomic mass is 10.0. The summed E-state index contributed by atoms with van der Waals surface area (Å²) >= 11 is 0. The fraction of sp³-hybridized carbons (Fsp3) is 0. The SMILES string of the molecule is Nc1ccc(-c2cccc3cccnc23)c(F)c1. The molecule has 2 nitrogen and oxygen atoms in total. The van der Waals surface area contributed by atoms with Gasteiger partial charge in [-0.3, -0.25) is 4.98 Å². The van der Waals surface area contributed by atoms with Gasteiger partial charge in [0.25, 0.3) is 0 Å². The normalized spacial score (nSPS) is 10.7. The van der Waals surface area contributed by atoms with Crippen molar-refractivity contribution < 1.29 is 4.39 Å². The van der Waals surface area contributed by atoms with E-state index in [2.05, 4.69) is 4.98 Å². The standard InChI is InChI=1S/C15H11FN2/c16-14-9-11(17)6-7-12(14)13-5-1-3-10-4-2-8-18-15(10)13/h1-9H,17H2. The van der Waals surface area contributed by atoms with Crippen molar-refractivity contribution in [2.24, 2.45) is 0 Å². The van der Waals surface area contributed by atoms with E-state index in [1.165, 1.54) is 6.07 Å². The summed E-state index contributed by atoms with van der Waals surface area (Å²) < 4.78 is 14.0. The van der Waals surface area contributed by atoms with Gasteiger partial charge in [-0.1, -0.05) is 24.3 Å². The van der Waals surface area contributed by atoms with Crippen molar-refractivity contribution in [2.45, 2.75) is 0 Å². The fourth-order valence-electron chi connectivity index (χ4n) is 2.07. The second kappa shape index (κ2) is 4.11. The molecule has 0 spiro atoms. The third-order valence-electron chi connectivity index (χ3n) is 2.92. The van der Waals surface area contributed by atoms with Crippen LogP contribution in [0.3, 0.4) is 0 Å². The zero-order chi connectivity index (χ0) is 12.5. The zero-order valence-corrected chi connectivity index (χ0v) is 9.60. The Bertz CT molecular complexity index is 717. The second-order valence-corrected chi connectivity index (χ2v) is 4.12. The number of rotatable bonds is 1. The van der Waals surface area contributed by atoms with Gasteiger partial charge in [0.05, 0.1) is 5.52 Å². The van der Waals surface area contributed by atoms with Gasteiger partial charge in [0.1, 0.15) is 5.82 Å². The van der Waals surface area contributed by atoms with Crippen LogP contribution in [0, 0.1) is 5.82 Å². The van der Waals surface area contributed by atoms with Gasteiger partial charge in [0.15, 0.2) is 0 Å². The molecular weight excluding hydrogens is 227 g/mol. The van der Waals surface area contributed by atoms with Crippen LogP contribution in [0.2, 0.25) is 0 Å². The molecule has 0 saturated heterocycles. The first kappa shape index (κ1) is 10.7. The molecule has 3 aromatic rings. The number of fused-ring (bicyclic) bond motifs is 1. The Morgan fingerprint density at radius 2 is 1.78 bits per heavy atom. The number of benzene rings is 2. The van der Waals surface area contributed by atoms with Crippen LogP contribution in [-0.4, -0.2) is 4.98 Å². The maximum Gasteiger partial charge on any atom is 0.133 e. The van der Waals surface area contributed by atoms with Crippen molar-refractivity contribution in [3.8, 4) is 11.1 Å². The smallest absolute Gasteiger partial charge is 0.133 e. The molecule has 2 aromatic carbocycles. The van der Waals surface area contributed by atoms with E-state index in [-0.39, 0.29) is 5.82 Å².